The lowest BCUT2D eigenvalue weighted by Crippen LogP contribution is -2.27. The summed E-state index contributed by atoms with van der Waals surface area (Å²) in [5, 5.41) is 4.21. The van der Waals surface area contributed by atoms with Crippen LogP contribution in [0.5, 0.6) is 0 Å². The van der Waals surface area contributed by atoms with Gasteiger partial charge >= 0.3 is 0 Å². The van der Waals surface area contributed by atoms with Crippen LogP contribution in [-0.2, 0) is 10.0 Å². The molecular formula is C27H23BrN4O3S2. The number of amides is 1. The molecule has 1 aliphatic rings. The number of hydrogen-bond donors (Lipinski definition) is 2. The van der Waals surface area contributed by atoms with Crippen molar-refractivity contribution in [3.63, 3.8) is 0 Å². The number of nitrogens with one attached hydrogen (secondary N) is 2. The highest BCUT2D eigenvalue weighted by Gasteiger charge is 2.26. The van der Waals surface area contributed by atoms with E-state index in [0.717, 1.165) is 15.4 Å². The van der Waals surface area contributed by atoms with Crippen molar-refractivity contribution in [3.05, 3.63) is 88.9 Å². The smallest absolute Gasteiger partial charge is 0.263 e. The monoisotopic (exact) mass is 594 g/mol. The van der Waals surface area contributed by atoms with E-state index in [1.165, 1.54) is 23.9 Å². The Hall–Kier alpha value is -3.21. The summed E-state index contributed by atoms with van der Waals surface area (Å²) in [5.74, 6) is -0.314. The van der Waals surface area contributed by atoms with E-state index in [4.69, 9.17) is 4.98 Å². The summed E-state index contributed by atoms with van der Waals surface area (Å²) in [6, 6.07) is 23.1. The maximum atomic E-state index is 13.3. The second-order valence-electron chi connectivity index (χ2n) is 8.66. The molecule has 2 N–H and O–H groups in total. The molecule has 7 nitrogen and oxygen atoms in total. The van der Waals surface area contributed by atoms with Crippen molar-refractivity contribution in [2.24, 2.45) is 4.99 Å². The molecule has 2 atom stereocenters. The number of thioether (sulfide) groups is 1. The Bertz CT molecular complexity index is 1620. The number of para-hydroxylation sites is 1. The van der Waals surface area contributed by atoms with Gasteiger partial charge in [-0.05, 0) is 55.5 Å². The normalized spacial score (nSPS) is 17.4. The average Bonchev–Trinajstić information content (AvgIpc) is 3.19. The second-order valence-corrected chi connectivity index (χ2v) is 12.6. The minimum Gasteiger partial charge on any atom is -0.322 e. The molecule has 2 heterocycles. The van der Waals surface area contributed by atoms with Crippen LogP contribution in [0.1, 0.15) is 24.2 Å². The van der Waals surface area contributed by atoms with Gasteiger partial charge in [-0.15, -0.1) is 0 Å². The summed E-state index contributed by atoms with van der Waals surface area (Å²) in [6.07, 6.45) is 0. The van der Waals surface area contributed by atoms with E-state index >= 15 is 0 Å². The molecule has 0 saturated carbocycles. The minimum atomic E-state index is -3.78. The topological polar surface area (TPSA) is 101 Å². The Labute approximate surface area is 228 Å². The van der Waals surface area contributed by atoms with E-state index in [2.05, 4.69) is 31.0 Å². The van der Waals surface area contributed by atoms with Gasteiger partial charge < -0.3 is 5.32 Å². The van der Waals surface area contributed by atoms with Crippen molar-refractivity contribution in [2.75, 3.05) is 5.32 Å². The number of aromatic nitrogens is 1. The van der Waals surface area contributed by atoms with Crippen LogP contribution in [0, 0.1) is 0 Å². The molecule has 0 bridgehead atoms. The van der Waals surface area contributed by atoms with Gasteiger partial charge in [0.25, 0.3) is 15.9 Å². The number of pyridine rings is 1. The van der Waals surface area contributed by atoms with Gasteiger partial charge in [0, 0.05) is 26.4 Å². The van der Waals surface area contributed by atoms with Crippen molar-refractivity contribution in [2.45, 2.75) is 30.0 Å². The molecule has 0 spiro atoms. The molecule has 3 aromatic carbocycles. The van der Waals surface area contributed by atoms with E-state index in [-0.39, 0.29) is 22.1 Å². The van der Waals surface area contributed by atoms with E-state index in [9.17, 15) is 13.2 Å². The lowest BCUT2D eigenvalue weighted by molar-refractivity contribution is 0.102. The molecule has 188 valence electrons. The fourth-order valence-corrected chi connectivity index (χ4v) is 6.38. The number of amidine groups is 1. The van der Waals surface area contributed by atoms with Crippen LogP contribution < -0.4 is 10.0 Å². The summed E-state index contributed by atoms with van der Waals surface area (Å²) < 4.78 is 29.1. The van der Waals surface area contributed by atoms with E-state index < -0.39 is 10.0 Å². The highest BCUT2D eigenvalue weighted by atomic mass is 79.9. The molecule has 2 unspecified atom stereocenters. The van der Waals surface area contributed by atoms with Crippen molar-refractivity contribution in [1.82, 2.24) is 9.71 Å². The zero-order valence-electron chi connectivity index (χ0n) is 20.0. The number of carbonyl (C=O) groups is 1. The van der Waals surface area contributed by atoms with Gasteiger partial charge in [0.05, 0.1) is 27.7 Å². The van der Waals surface area contributed by atoms with Gasteiger partial charge in [0.1, 0.15) is 0 Å². The SMILES string of the molecule is CC1N=C(NS(=O)(=O)c2ccc(NC(=O)c3cc(-c4ccc(Br)cc4)nc4ccccc34)cc2)SC1C. The Morgan fingerprint density at radius 1 is 0.973 bits per heavy atom. The third-order valence-electron chi connectivity index (χ3n) is 6.04. The Morgan fingerprint density at radius 3 is 2.35 bits per heavy atom. The zero-order chi connectivity index (χ0) is 26.2. The first-order valence-electron chi connectivity index (χ1n) is 11.5. The molecule has 0 radical (unpaired) electrons. The number of benzene rings is 3. The summed E-state index contributed by atoms with van der Waals surface area (Å²) in [7, 11) is -3.78. The number of hydrogen-bond acceptors (Lipinski definition) is 6. The average molecular weight is 596 g/mol. The molecule has 0 saturated heterocycles. The molecule has 1 aromatic heterocycles. The van der Waals surface area contributed by atoms with Crippen molar-refractivity contribution in [3.8, 4) is 11.3 Å². The first kappa shape index (κ1) is 25.4. The van der Waals surface area contributed by atoms with Crippen molar-refractivity contribution < 1.29 is 13.2 Å². The quantitative estimate of drug-likeness (QED) is 0.292. The first-order valence-corrected chi connectivity index (χ1v) is 14.7. The van der Waals surface area contributed by atoms with E-state index in [0.29, 0.717) is 27.6 Å². The van der Waals surface area contributed by atoms with E-state index in [1.807, 2.05) is 62.4 Å². The van der Waals surface area contributed by atoms with Gasteiger partial charge in [0.15, 0.2) is 5.17 Å². The van der Waals surface area contributed by atoms with Crippen molar-refractivity contribution >= 4 is 65.4 Å². The minimum absolute atomic E-state index is 0.0498. The lowest BCUT2D eigenvalue weighted by atomic mass is 10.0. The summed E-state index contributed by atoms with van der Waals surface area (Å²) in [4.78, 5) is 22.5. The zero-order valence-corrected chi connectivity index (χ0v) is 23.2. The highest BCUT2D eigenvalue weighted by molar-refractivity contribution is 9.10. The third-order valence-corrected chi connectivity index (χ3v) is 9.25. The third kappa shape index (κ3) is 5.56. The van der Waals surface area contributed by atoms with Crippen LogP contribution in [0.3, 0.4) is 0 Å². The van der Waals surface area contributed by atoms with Crippen molar-refractivity contribution in [1.29, 1.82) is 0 Å². The summed E-state index contributed by atoms with van der Waals surface area (Å²) in [5.41, 5.74) is 3.22. The molecule has 1 aliphatic heterocycles. The summed E-state index contributed by atoms with van der Waals surface area (Å²) in [6.45, 7) is 3.95. The first-order chi connectivity index (χ1) is 17.7. The number of fused-ring (bicyclic) bond motifs is 1. The molecular weight excluding hydrogens is 572 g/mol. The predicted molar refractivity (Wildman–Crippen MR) is 154 cm³/mol. The van der Waals surface area contributed by atoms with Crippen LogP contribution >= 0.6 is 27.7 Å². The van der Waals surface area contributed by atoms with Gasteiger partial charge in [-0.3, -0.25) is 14.5 Å². The van der Waals surface area contributed by atoms with Gasteiger partial charge in [-0.1, -0.05) is 64.9 Å². The van der Waals surface area contributed by atoms with Gasteiger partial charge in [0.2, 0.25) is 0 Å². The second kappa shape index (κ2) is 10.3. The Morgan fingerprint density at radius 2 is 1.68 bits per heavy atom. The van der Waals surface area contributed by atoms with Crippen LogP contribution in [0.25, 0.3) is 22.2 Å². The maximum Gasteiger partial charge on any atom is 0.263 e. The van der Waals surface area contributed by atoms with Crippen LogP contribution in [0.15, 0.2) is 93.2 Å². The Balaban J connectivity index is 1.39. The number of aliphatic imine (C=N–C) groups is 1. The standard InChI is InChI=1S/C27H23BrN4O3S2/c1-16-17(2)36-27(29-16)32-37(34,35)21-13-11-20(12-14-21)30-26(33)23-15-25(18-7-9-19(28)10-8-18)31-24-6-4-3-5-22(23)24/h3-17H,1-2H3,(H,29,32)(H,30,33). The van der Waals surface area contributed by atoms with Crippen LogP contribution in [0.2, 0.25) is 0 Å². The number of nitrogens with zero attached hydrogens (tertiary/aromatic N) is 2. The fraction of sp³-hybridized carbons (Fsp3) is 0.148. The van der Waals surface area contributed by atoms with Gasteiger partial charge in [-0.25, -0.2) is 13.4 Å². The number of anilines is 1. The van der Waals surface area contributed by atoms with Crippen LogP contribution in [-0.4, -0.2) is 35.8 Å². The number of carbonyl (C=O) groups excluding carboxylic acids is 1. The molecule has 0 fully saturated rings. The predicted octanol–water partition coefficient (Wildman–Crippen LogP) is 6.07. The highest BCUT2D eigenvalue weighted by Crippen LogP contribution is 2.28. The molecule has 1 amide bonds. The maximum absolute atomic E-state index is 13.3. The molecule has 0 aliphatic carbocycles. The largest absolute Gasteiger partial charge is 0.322 e. The number of sulfonamides is 1. The lowest BCUT2D eigenvalue weighted by Gasteiger charge is -2.12. The van der Waals surface area contributed by atoms with Crippen LogP contribution in [0.4, 0.5) is 5.69 Å². The molecule has 37 heavy (non-hydrogen) atoms. The number of rotatable bonds is 5. The molecule has 5 rings (SSSR count). The van der Waals surface area contributed by atoms with Gasteiger partial charge in [-0.2, -0.15) is 0 Å². The fourth-order valence-electron chi connectivity index (χ4n) is 3.87. The molecule has 4 aromatic rings. The van der Waals surface area contributed by atoms with E-state index in [1.54, 1.807) is 18.2 Å². The Kier molecular flexibility index (Phi) is 7.06. The summed E-state index contributed by atoms with van der Waals surface area (Å²) >= 11 is 4.84. The number of halogens is 1. The molecule has 10 heteroatoms.